The molecule has 1 fully saturated rings. The predicted molar refractivity (Wildman–Crippen MR) is 46.0 cm³/mol. The predicted octanol–water partition coefficient (Wildman–Crippen LogP) is 0.754. The number of rotatable bonds is 4. The van der Waals surface area contributed by atoms with Crippen molar-refractivity contribution < 1.29 is 13.3 Å². The van der Waals surface area contributed by atoms with Crippen molar-refractivity contribution in [3.05, 3.63) is 0 Å². The van der Waals surface area contributed by atoms with E-state index in [2.05, 4.69) is 0 Å². The van der Waals surface area contributed by atoms with Crippen LogP contribution in [0.3, 0.4) is 0 Å². The van der Waals surface area contributed by atoms with Crippen molar-refractivity contribution in [3.8, 4) is 0 Å². The number of nitrogens with zero attached hydrogens (tertiary/aromatic N) is 1. The summed E-state index contributed by atoms with van der Waals surface area (Å²) in [5, 5.41) is 0. The number of hydroxylamine groups is 1. The Balaban J connectivity index is 2.46. The minimum absolute atomic E-state index is 0.212. The summed E-state index contributed by atoms with van der Waals surface area (Å²) in [5.41, 5.74) is 0. The lowest BCUT2D eigenvalue weighted by atomic mass is 10.4. The first-order valence-electron chi connectivity index (χ1n) is 4.30. The van der Waals surface area contributed by atoms with Crippen LogP contribution in [0.25, 0.3) is 0 Å². The normalized spacial score (nSPS) is 20.1. The number of sulfonamides is 1. The molecule has 0 radical (unpaired) electrons. The van der Waals surface area contributed by atoms with Crippen molar-refractivity contribution in [2.24, 2.45) is 0 Å². The zero-order valence-electron chi connectivity index (χ0n) is 7.32. The van der Waals surface area contributed by atoms with Gasteiger partial charge >= 0.3 is 0 Å². The van der Waals surface area contributed by atoms with Crippen LogP contribution >= 0.6 is 0 Å². The maximum Gasteiger partial charge on any atom is 0.236 e. The van der Waals surface area contributed by atoms with Crippen molar-refractivity contribution in [2.45, 2.75) is 26.2 Å². The van der Waals surface area contributed by atoms with Crippen LogP contribution in [-0.4, -0.2) is 31.8 Å². The van der Waals surface area contributed by atoms with E-state index in [-0.39, 0.29) is 5.75 Å². The van der Waals surface area contributed by atoms with Gasteiger partial charge in [-0.15, -0.1) is 0 Å². The monoisotopic (exact) mass is 193 g/mol. The average molecular weight is 193 g/mol. The maximum absolute atomic E-state index is 11.4. The standard InChI is InChI=1S/C7H15NO3S/c1-2-3-7-12(9,10)8-5-4-6-11-8/h2-7H2,1H3. The summed E-state index contributed by atoms with van der Waals surface area (Å²) in [5.74, 6) is 0.212. The van der Waals surface area contributed by atoms with Gasteiger partial charge in [0.15, 0.2) is 0 Å². The van der Waals surface area contributed by atoms with Crippen molar-refractivity contribution in [2.75, 3.05) is 18.9 Å². The average Bonchev–Trinajstić information content (AvgIpc) is 2.53. The molecule has 1 aliphatic rings. The van der Waals surface area contributed by atoms with Crippen LogP contribution in [0.4, 0.5) is 0 Å². The van der Waals surface area contributed by atoms with Gasteiger partial charge in [0.2, 0.25) is 10.0 Å². The Morgan fingerprint density at radius 3 is 2.75 bits per heavy atom. The molecule has 0 amide bonds. The van der Waals surface area contributed by atoms with Crippen molar-refractivity contribution in [3.63, 3.8) is 0 Å². The van der Waals surface area contributed by atoms with Crippen LogP contribution < -0.4 is 0 Å². The molecule has 0 bridgehead atoms. The number of unbranched alkanes of at least 4 members (excludes halogenated alkanes) is 1. The van der Waals surface area contributed by atoms with Gasteiger partial charge in [-0.25, -0.2) is 8.42 Å². The van der Waals surface area contributed by atoms with E-state index in [1.807, 2.05) is 6.92 Å². The lowest BCUT2D eigenvalue weighted by molar-refractivity contribution is -0.0284. The fourth-order valence-corrected chi connectivity index (χ4v) is 2.57. The Bertz CT molecular complexity index is 219. The second kappa shape index (κ2) is 4.20. The van der Waals surface area contributed by atoms with E-state index in [1.165, 1.54) is 0 Å². The van der Waals surface area contributed by atoms with Crippen LogP contribution in [0.15, 0.2) is 0 Å². The van der Waals surface area contributed by atoms with E-state index >= 15 is 0 Å². The summed E-state index contributed by atoms with van der Waals surface area (Å²) in [6, 6.07) is 0. The molecule has 0 spiro atoms. The highest BCUT2D eigenvalue weighted by Crippen LogP contribution is 2.12. The third kappa shape index (κ3) is 2.43. The Kier molecular flexibility index (Phi) is 3.49. The van der Waals surface area contributed by atoms with Crippen LogP contribution in [0.1, 0.15) is 26.2 Å². The fourth-order valence-electron chi connectivity index (χ4n) is 1.07. The number of hydrogen-bond donors (Lipinski definition) is 0. The summed E-state index contributed by atoms with van der Waals surface area (Å²) in [7, 11) is -3.11. The van der Waals surface area contributed by atoms with Gasteiger partial charge in [0.05, 0.1) is 12.4 Å². The van der Waals surface area contributed by atoms with Gasteiger partial charge < -0.3 is 0 Å². The van der Waals surface area contributed by atoms with Gasteiger partial charge in [0.25, 0.3) is 0 Å². The van der Waals surface area contributed by atoms with Gasteiger partial charge in [-0.05, 0) is 12.8 Å². The van der Waals surface area contributed by atoms with Gasteiger partial charge in [0, 0.05) is 6.54 Å². The zero-order chi connectivity index (χ0) is 9.03. The summed E-state index contributed by atoms with van der Waals surface area (Å²) in [4.78, 5) is 4.96. The highest BCUT2D eigenvalue weighted by Gasteiger charge is 2.25. The van der Waals surface area contributed by atoms with Gasteiger partial charge in [-0.1, -0.05) is 17.8 Å². The van der Waals surface area contributed by atoms with Crippen LogP contribution in [0, 0.1) is 0 Å². The second-order valence-corrected chi connectivity index (χ2v) is 4.86. The van der Waals surface area contributed by atoms with Crippen molar-refractivity contribution >= 4 is 10.0 Å². The summed E-state index contributed by atoms with van der Waals surface area (Å²) in [6.07, 6.45) is 2.42. The first-order chi connectivity index (χ1) is 5.67. The zero-order valence-corrected chi connectivity index (χ0v) is 8.14. The molecule has 5 heteroatoms. The Morgan fingerprint density at radius 2 is 2.25 bits per heavy atom. The molecule has 1 aliphatic heterocycles. The first-order valence-corrected chi connectivity index (χ1v) is 5.91. The molecule has 0 atom stereocenters. The molecule has 0 aliphatic carbocycles. The summed E-state index contributed by atoms with van der Waals surface area (Å²) >= 11 is 0. The van der Waals surface area contributed by atoms with E-state index in [0.717, 1.165) is 17.3 Å². The Labute approximate surface area is 73.5 Å². The third-order valence-electron chi connectivity index (χ3n) is 1.79. The van der Waals surface area contributed by atoms with E-state index in [4.69, 9.17) is 4.84 Å². The van der Waals surface area contributed by atoms with E-state index in [1.54, 1.807) is 0 Å². The smallest absolute Gasteiger partial charge is 0.236 e. The second-order valence-electron chi connectivity index (χ2n) is 2.88. The summed E-state index contributed by atoms with van der Waals surface area (Å²) in [6.45, 7) is 3.03. The lowest BCUT2D eigenvalue weighted by Gasteiger charge is -2.13. The topological polar surface area (TPSA) is 46.6 Å². The van der Waals surface area contributed by atoms with Crippen LogP contribution in [0.5, 0.6) is 0 Å². The molecular formula is C7H15NO3S. The molecule has 12 heavy (non-hydrogen) atoms. The summed E-state index contributed by atoms with van der Waals surface area (Å²) < 4.78 is 23.9. The molecule has 0 aromatic rings. The molecule has 1 heterocycles. The third-order valence-corrected chi connectivity index (χ3v) is 3.50. The molecule has 0 unspecified atom stereocenters. The highest BCUT2D eigenvalue weighted by atomic mass is 32.2. The minimum atomic E-state index is -3.11. The van der Waals surface area contributed by atoms with E-state index in [9.17, 15) is 8.42 Å². The molecule has 0 saturated carbocycles. The highest BCUT2D eigenvalue weighted by molar-refractivity contribution is 7.88. The van der Waals surface area contributed by atoms with Gasteiger partial charge in [-0.2, -0.15) is 0 Å². The van der Waals surface area contributed by atoms with Gasteiger partial charge in [-0.3, -0.25) is 4.84 Å². The molecule has 0 N–H and O–H groups in total. The quantitative estimate of drug-likeness (QED) is 0.662. The largest absolute Gasteiger partial charge is 0.284 e. The Hall–Kier alpha value is -0.130. The van der Waals surface area contributed by atoms with Crippen LogP contribution in [0.2, 0.25) is 0 Å². The first kappa shape index (κ1) is 9.95. The molecule has 1 rings (SSSR count). The molecule has 72 valence electrons. The SMILES string of the molecule is CCCCS(=O)(=O)N1CCCO1. The molecular weight excluding hydrogens is 178 g/mol. The Morgan fingerprint density at radius 1 is 1.50 bits per heavy atom. The molecule has 0 aromatic heterocycles. The number of hydrogen-bond acceptors (Lipinski definition) is 3. The maximum atomic E-state index is 11.4. The van der Waals surface area contributed by atoms with Gasteiger partial charge in [0.1, 0.15) is 0 Å². The molecule has 0 aromatic carbocycles. The van der Waals surface area contributed by atoms with Crippen molar-refractivity contribution in [1.29, 1.82) is 0 Å². The minimum Gasteiger partial charge on any atom is -0.284 e. The van der Waals surface area contributed by atoms with Crippen LogP contribution in [-0.2, 0) is 14.9 Å². The molecule has 1 saturated heterocycles. The molecule has 4 nitrogen and oxygen atoms in total. The van der Waals surface area contributed by atoms with E-state index < -0.39 is 10.0 Å². The van der Waals surface area contributed by atoms with Crippen molar-refractivity contribution in [1.82, 2.24) is 4.47 Å². The lowest BCUT2D eigenvalue weighted by Crippen LogP contribution is -2.29. The van der Waals surface area contributed by atoms with E-state index in [0.29, 0.717) is 19.6 Å². The fraction of sp³-hybridized carbons (Fsp3) is 1.00.